The number of nitrogens with one attached hydrogen (secondary N) is 1. The monoisotopic (exact) mass is 318 g/mol. The lowest BCUT2D eigenvalue weighted by molar-refractivity contribution is -0.135. The highest BCUT2D eigenvalue weighted by molar-refractivity contribution is 5.78. The standard InChI is InChI=1S/C19H30N2O2/c1-15(2)14-23-18-7-5-4-6-17(18)9-8-16(3)19(22)21-12-10-20-11-13-21/h4-7,15-16,20H,8-14H2,1-3H3. The van der Waals surface area contributed by atoms with Crippen LogP contribution < -0.4 is 10.1 Å². The first-order chi connectivity index (χ1) is 11.1. The highest BCUT2D eigenvalue weighted by Gasteiger charge is 2.22. The molecule has 1 aromatic rings. The first kappa shape index (κ1) is 17.8. The molecule has 1 aromatic carbocycles. The van der Waals surface area contributed by atoms with Gasteiger partial charge in [0.15, 0.2) is 0 Å². The normalized spacial score (nSPS) is 16.4. The molecule has 1 N–H and O–H groups in total. The number of hydrogen-bond acceptors (Lipinski definition) is 3. The molecule has 0 aromatic heterocycles. The van der Waals surface area contributed by atoms with E-state index in [-0.39, 0.29) is 11.8 Å². The molecular weight excluding hydrogens is 288 g/mol. The SMILES string of the molecule is CC(C)COc1ccccc1CCC(C)C(=O)N1CCNCC1. The summed E-state index contributed by atoms with van der Waals surface area (Å²) in [4.78, 5) is 14.5. The van der Waals surface area contributed by atoms with Crippen LogP contribution in [0, 0.1) is 11.8 Å². The van der Waals surface area contributed by atoms with Gasteiger partial charge < -0.3 is 15.0 Å². The Hall–Kier alpha value is -1.55. The number of carbonyl (C=O) groups is 1. The molecule has 1 amide bonds. The number of nitrogens with zero attached hydrogens (tertiary/aromatic N) is 1. The van der Waals surface area contributed by atoms with Crippen molar-refractivity contribution in [2.24, 2.45) is 11.8 Å². The predicted molar refractivity (Wildman–Crippen MR) is 93.7 cm³/mol. The van der Waals surface area contributed by atoms with Gasteiger partial charge in [-0.15, -0.1) is 0 Å². The number of para-hydroxylation sites is 1. The topological polar surface area (TPSA) is 41.6 Å². The Kier molecular flexibility index (Phi) is 6.90. The van der Waals surface area contributed by atoms with E-state index in [0.29, 0.717) is 5.92 Å². The minimum atomic E-state index is 0.0613. The van der Waals surface area contributed by atoms with E-state index in [4.69, 9.17) is 4.74 Å². The lowest BCUT2D eigenvalue weighted by atomic mass is 9.99. The molecule has 1 heterocycles. The maximum absolute atomic E-state index is 12.5. The van der Waals surface area contributed by atoms with E-state index in [1.54, 1.807) is 0 Å². The molecule has 1 atom stereocenters. The number of piperazine rings is 1. The van der Waals surface area contributed by atoms with Crippen molar-refractivity contribution in [1.29, 1.82) is 0 Å². The van der Waals surface area contributed by atoms with Gasteiger partial charge in [-0.05, 0) is 30.4 Å². The Labute approximate surface area is 140 Å². The molecule has 4 nitrogen and oxygen atoms in total. The predicted octanol–water partition coefficient (Wildman–Crippen LogP) is 2.72. The summed E-state index contributed by atoms with van der Waals surface area (Å²) in [7, 11) is 0. The third-order valence-electron chi connectivity index (χ3n) is 4.24. The Bertz CT molecular complexity index is 496. The molecule has 4 heteroatoms. The van der Waals surface area contributed by atoms with Gasteiger partial charge >= 0.3 is 0 Å². The van der Waals surface area contributed by atoms with Gasteiger partial charge in [0.1, 0.15) is 5.75 Å². The van der Waals surface area contributed by atoms with E-state index in [2.05, 4.69) is 25.2 Å². The second kappa shape index (κ2) is 8.92. The minimum absolute atomic E-state index is 0.0613. The molecular formula is C19H30N2O2. The summed E-state index contributed by atoms with van der Waals surface area (Å²) in [6, 6.07) is 8.19. The summed E-state index contributed by atoms with van der Waals surface area (Å²) in [6.45, 7) is 10.5. The van der Waals surface area contributed by atoms with Crippen molar-refractivity contribution in [2.75, 3.05) is 32.8 Å². The van der Waals surface area contributed by atoms with Crippen LogP contribution in [0.3, 0.4) is 0 Å². The smallest absolute Gasteiger partial charge is 0.225 e. The summed E-state index contributed by atoms with van der Waals surface area (Å²) in [5.74, 6) is 1.82. The van der Waals surface area contributed by atoms with Crippen molar-refractivity contribution >= 4 is 5.91 Å². The van der Waals surface area contributed by atoms with Gasteiger partial charge in [-0.25, -0.2) is 0 Å². The molecule has 0 aliphatic carbocycles. The molecule has 0 radical (unpaired) electrons. The van der Waals surface area contributed by atoms with Crippen molar-refractivity contribution in [3.63, 3.8) is 0 Å². The van der Waals surface area contributed by atoms with Crippen molar-refractivity contribution in [3.8, 4) is 5.75 Å². The molecule has 2 rings (SSSR count). The Morgan fingerprint density at radius 1 is 1.22 bits per heavy atom. The number of amides is 1. The molecule has 0 bridgehead atoms. The van der Waals surface area contributed by atoms with Crippen molar-refractivity contribution < 1.29 is 9.53 Å². The fourth-order valence-corrected chi connectivity index (χ4v) is 2.80. The Morgan fingerprint density at radius 3 is 2.61 bits per heavy atom. The number of benzene rings is 1. The van der Waals surface area contributed by atoms with E-state index in [9.17, 15) is 4.79 Å². The minimum Gasteiger partial charge on any atom is -0.493 e. The van der Waals surface area contributed by atoms with Crippen LogP contribution in [-0.2, 0) is 11.2 Å². The summed E-state index contributed by atoms with van der Waals surface area (Å²) >= 11 is 0. The number of ether oxygens (including phenoxy) is 1. The van der Waals surface area contributed by atoms with Crippen molar-refractivity contribution in [2.45, 2.75) is 33.6 Å². The lowest BCUT2D eigenvalue weighted by Gasteiger charge is -2.29. The highest BCUT2D eigenvalue weighted by Crippen LogP contribution is 2.22. The summed E-state index contributed by atoms with van der Waals surface area (Å²) in [6.07, 6.45) is 1.75. The second-order valence-electron chi connectivity index (χ2n) is 6.83. The third-order valence-corrected chi connectivity index (χ3v) is 4.24. The lowest BCUT2D eigenvalue weighted by Crippen LogP contribution is -2.48. The zero-order valence-corrected chi connectivity index (χ0v) is 14.7. The largest absolute Gasteiger partial charge is 0.493 e. The molecule has 1 saturated heterocycles. The van der Waals surface area contributed by atoms with Crippen LogP contribution >= 0.6 is 0 Å². The molecule has 23 heavy (non-hydrogen) atoms. The first-order valence-electron chi connectivity index (χ1n) is 8.78. The van der Waals surface area contributed by atoms with Crippen LogP contribution in [0.1, 0.15) is 32.8 Å². The number of hydrogen-bond donors (Lipinski definition) is 1. The van der Waals surface area contributed by atoms with Crippen molar-refractivity contribution in [3.05, 3.63) is 29.8 Å². The Morgan fingerprint density at radius 2 is 1.91 bits per heavy atom. The van der Waals surface area contributed by atoms with Crippen LogP contribution in [0.25, 0.3) is 0 Å². The van der Waals surface area contributed by atoms with Gasteiger partial charge in [-0.2, -0.15) is 0 Å². The Balaban J connectivity index is 1.88. The van der Waals surface area contributed by atoms with E-state index < -0.39 is 0 Å². The molecule has 1 aliphatic rings. The molecule has 0 spiro atoms. The fourth-order valence-electron chi connectivity index (χ4n) is 2.80. The quantitative estimate of drug-likeness (QED) is 0.840. The van der Waals surface area contributed by atoms with Crippen LogP contribution in [0.2, 0.25) is 0 Å². The number of carbonyl (C=O) groups excluding carboxylic acids is 1. The second-order valence-corrected chi connectivity index (χ2v) is 6.83. The van der Waals surface area contributed by atoms with E-state index in [1.165, 1.54) is 5.56 Å². The molecule has 1 aliphatic heterocycles. The molecule has 0 saturated carbocycles. The first-order valence-corrected chi connectivity index (χ1v) is 8.78. The van der Waals surface area contributed by atoms with Crippen LogP contribution in [0.15, 0.2) is 24.3 Å². The zero-order chi connectivity index (χ0) is 16.7. The molecule has 128 valence electrons. The summed E-state index contributed by atoms with van der Waals surface area (Å²) in [5.41, 5.74) is 1.20. The maximum Gasteiger partial charge on any atom is 0.225 e. The van der Waals surface area contributed by atoms with Crippen LogP contribution in [-0.4, -0.2) is 43.6 Å². The van der Waals surface area contributed by atoms with Gasteiger partial charge in [-0.3, -0.25) is 4.79 Å². The fraction of sp³-hybridized carbons (Fsp3) is 0.632. The van der Waals surface area contributed by atoms with Gasteiger partial charge in [0.2, 0.25) is 5.91 Å². The molecule has 1 fully saturated rings. The van der Waals surface area contributed by atoms with Gasteiger partial charge in [0, 0.05) is 32.1 Å². The number of rotatable bonds is 7. The van der Waals surface area contributed by atoms with Gasteiger partial charge in [-0.1, -0.05) is 39.0 Å². The average molecular weight is 318 g/mol. The van der Waals surface area contributed by atoms with Gasteiger partial charge in [0.05, 0.1) is 6.61 Å². The van der Waals surface area contributed by atoms with E-state index in [1.807, 2.05) is 30.0 Å². The van der Waals surface area contributed by atoms with Crippen molar-refractivity contribution in [1.82, 2.24) is 10.2 Å². The average Bonchev–Trinajstić information content (AvgIpc) is 2.58. The van der Waals surface area contributed by atoms with Crippen LogP contribution in [0.5, 0.6) is 5.75 Å². The number of aryl methyl sites for hydroxylation is 1. The van der Waals surface area contributed by atoms with E-state index in [0.717, 1.165) is 51.4 Å². The molecule has 1 unspecified atom stereocenters. The van der Waals surface area contributed by atoms with E-state index >= 15 is 0 Å². The maximum atomic E-state index is 12.5. The third kappa shape index (κ3) is 5.54. The highest BCUT2D eigenvalue weighted by atomic mass is 16.5. The zero-order valence-electron chi connectivity index (χ0n) is 14.7. The van der Waals surface area contributed by atoms with Gasteiger partial charge in [0.25, 0.3) is 0 Å². The summed E-state index contributed by atoms with van der Waals surface area (Å²) in [5, 5.41) is 3.29. The summed E-state index contributed by atoms with van der Waals surface area (Å²) < 4.78 is 5.90. The van der Waals surface area contributed by atoms with Crippen LogP contribution in [0.4, 0.5) is 0 Å².